The Balaban J connectivity index is 2.50. The fourth-order valence-corrected chi connectivity index (χ4v) is 2.21. The van der Waals surface area contributed by atoms with Crippen LogP contribution in [0, 0.1) is 6.92 Å². The highest BCUT2D eigenvalue weighted by atomic mass is 14.9. The van der Waals surface area contributed by atoms with Gasteiger partial charge in [0, 0.05) is 23.6 Å². The maximum Gasteiger partial charge on any atom is 0.0483 e. The molecule has 0 spiro atoms. The lowest BCUT2D eigenvalue weighted by Crippen LogP contribution is -2.09. The van der Waals surface area contributed by atoms with Crippen molar-refractivity contribution >= 4 is 10.9 Å². The molecule has 1 heterocycles. The van der Waals surface area contributed by atoms with Crippen LogP contribution in [0.1, 0.15) is 18.1 Å². The van der Waals surface area contributed by atoms with E-state index in [9.17, 15) is 0 Å². The van der Waals surface area contributed by atoms with Gasteiger partial charge in [-0.15, -0.1) is 0 Å². The molecule has 86 valence electrons. The van der Waals surface area contributed by atoms with Gasteiger partial charge in [0.25, 0.3) is 0 Å². The number of hydrogen-bond donors (Lipinski definition) is 1. The van der Waals surface area contributed by atoms with E-state index in [1.165, 1.54) is 22.0 Å². The molecule has 2 aromatic rings. The quantitative estimate of drug-likeness (QED) is 0.831. The third-order valence-corrected chi connectivity index (χ3v) is 3.10. The van der Waals surface area contributed by atoms with E-state index in [1.807, 2.05) is 7.05 Å². The van der Waals surface area contributed by atoms with Crippen LogP contribution in [-0.4, -0.2) is 18.2 Å². The molecule has 0 unspecified atom stereocenters. The summed E-state index contributed by atoms with van der Waals surface area (Å²) in [6.45, 7) is 6.43. The zero-order chi connectivity index (χ0) is 11.5. The van der Waals surface area contributed by atoms with E-state index in [2.05, 4.69) is 48.1 Å². The van der Waals surface area contributed by atoms with Crippen LogP contribution in [0.3, 0.4) is 0 Å². The third-order valence-electron chi connectivity index (χ3n) is 3.10. The SMILES string of the molecule is CCn1cc(CCNC)c2cc(C)ccc21. The van der Waals surface area contributed by atoms with Crippen molar-refractivity contribution in [2.45, 2.75) is 26.8 Å². The Bertz CT molecular complexity index is 483. The molecule has 1 aromatic carbocycles. The van der Waals surface area contributed by atoms with E-state index in [1.54, 1.807) is 0 Å². The number of fused-ring (bicyclic) bond motifs is 1. The molecular weight excluding hydrogens is 196 g/mol. The Morgan fingerprint density at radius 1 is 1.31 bits per heavy atom. The standard InChI is InChI=1S/C14H20N2/c1-4-16-10-12(7-8-15-3)13-9-11(2)5-6-14(13)16/h5-6,9-10,15H,4,7-8H2,1-3H3. The van der Waals surface area contributed by atoms with Crippen LogP contribution < -0.4 is 5.32 Å². The van der Waals surface area contributed by atoms with Crippen molar-refractivity contribution < 1.29 is 0 Å². The average molecular weight is 216 g/mol. The summed E-state index contributed by atoms with van der Waals surface area (Å²) in [6, 6.07) is 6.72. The number of nitrogens with zero attached hydrogens (tertiary/aromatic N) is 1. The molecule has 0 saturated carbocycles. The van der Waals surface area contributed by atoms with E-state index in [0.717, 1.165) is 19.5 Å². The second-order valence-corrected chi connectivity index (χ2v) is 4.31. The first-order chi connectivity index (χ1) is 7.76. The predicted molar refractivity (Wildman–Crippen MR) is 70.0 cm³/mol. The van der Waals surface area contributed by atoms with E-state index in [4.69, 9.17) is 0 Å². The molecule has 0 atom stereocenters. The van der Waals surface area contributed by atoms with Crippen molar-refractivity contribution in [3.8, 4) is 0 Å². The lowest BCUT2D eigenvalue weighted by atomic mass is 10.1. The van der Waals surface area contributed by atoms with Crippen LogP contribution in [0.15, 0.2) is 24.4 Å². The van der Waals surface area contributed by atoms with Crippen LogP contribution in [-0.2, 0) is 13.0 Å². The van der Waals surface area contributed by atoms with E-state index in [-0.39, 0.29) is 0 Å². The topological polar surface area (TPSA) is 17.0 Å². The smallest absolute Gasteiger partial charge is 0.0483 e. The molecule has 2 rings (SSSR count). The largest absolute Gasteiger partial charge is 0.347 e. The first kappa shape index (κ1) is 11.2. The van der Waals surface area contributed by atoms with E-state index < -0.39 is 0 Å². The number of benzene rings is 1. The molecule has 0 fully saturated rings. The van der Waals surface area contributed by atoms with Gasteiger partial charge >= 0.3 is 0 Å². The predicted octanol–water partition coefficient (Wildman–Crippen LogP) is 2.73. The Hall–Kier alpha value is -1.28. The van der Waals surface area contributed by atoms with Gasteiger partial charge < -0.3 is 9.88 Å². The molecule has 2 nitrogen and oxygen atoms in total. The zero-order valence-electron chi connectivity index (χ0n) is 10.4. The van der Waals surface area contributed by atoms with Gasteiger partial charge in [-0.3, -0.25) is 0 Å². The van der Waals surface area contributed by atoms with Gasteiger partial charge in [-0.1, -0.05) is 11.6 Å². The minimum absolute atomic E-state index is 1.04. The van der Waals surface area contributed by atoms with E-state index >= 15 is 0 Å². The summed E-state index contributed by atoms with van der Waals surface area (Å²) >= 11 is 0. The zero-order valence-corrected chi connectivity index (χ0v) is 10.4. The number of aryl methyl sites for hydroxylation is 2. The number of aromatic nitrogens is 1. The van der Waals surface area contributed by atoms with Gasteiger partial charge in [0.1, 0.15) is 0 Å². The summed E-state index contributed by atoms with van der Waals surface area (Å²) in [5.74, 6) is 0. The molecule has 16 heavy (non-hydrogen) atoms. The molecule has 0 saturated heterocycles. The Labute approximate surface area is 97.3 Å². The first-order valence-electron chi connectivity index (χ1n) is 5.99. The number of likely N-dealkylation sites (N-methyl/N-ethyl adjacent to an activating group) is 1. The molecule has 0 radical (unpaired) electrons. The summed E-state index contributed by atoms with van der Waals surface area (Å²) < 4.78 is 2.33. The Morgan fingerprint density at radius 3 is 2.81 bits per heavy atom. The Kier molecular flexibility index (Phi) is 3.30. The van der Waals surface area contributed by atoms with Gasteiger partial charge in [0.05, 0.1) is 0 Å². The second kappa shape index (κ2) is 4.71. The molecule has 0 aliphatic heterocycles. The van der Waals surface area contributed by atoms with Crippen LogP contribution in [0.4, 0.5) is 0 Å². The van der Waals surface area contributed by atoms with Gasteiger partial charge in [-0.2, -0.15) is 0 Å². The van der Waals surface area contributed by atoms with Gasteiger partial charge in [-0.25, -0.2) is 0 Å². The number of rotatable bonds is 4. The van der Waals surface area contributed by atoms with Crippen LogP contribution >= 0.6 is 0 Å². The average Bonchev–Trinajstić information content (AvgIpc) is 2.64. The molecular formula is C14H20N2. The molecule has 0 aliphatic carbocycles. The van der Waals surface area contributed by atoms with Crippen LogP contribution in [0.2, 0.25) is 0 Å². The minimum Gasteiger partial charge on any atom is -0.347 e. The molecule has 0 aliphatic rings. The van der Waals surface area contributed by atoms with Crippen molar-refractivity contribution in [2.24, 2.45) is 0 Å². The highest BCUT2D eigenvalue weighted by molar-refractivity contribution is 5.84. The van der Waals surface area contributed by atoms with Crippen LogP contribution in [0.5, 0.6) is 0 Å². The van der Waals surface area contributed by atoms with Gasteiger partial charge in [-0.05, 0) is 51.6 Å². The van der Waals surface area contributed by atoms with Crippen molar-refractivity contribution in [3.63, 3.8) is 0 Å². The minimum atomic E-state index is 1.04. The maximum atomic E-state index is 3.21. The van der Waals surface area contributed by atoms with Crippen molar-refractivity contribution in [3.05, 3.63) is 35.5 Å². The lowest BCUT2D eigenvalue weighted by molar-refractivity contribution is 0.770. The fourth-order valence-electron chi connectivity index (χ4n) is 2.21. The van der Waals surface area contributed by atoms with Gasteiger partial charge in [0.2, 0.25) is 0 Å². The van der Waals surface area contributed by atoms with Crippen molar-refractivity contribution in [2.75, 3.05) is 13.6 Å². The molecule has 0 amide bonds. The summed E-state index contributed by atoms with van der Waals surface area (Å²) in [6.07, 6.45) is 3.39. The van der Waals surface area contributed by atoms with E-state index in [0.29, 0.717) is 0 Å². The van der Waals surface area contributed by atoms with Crippen molar-refractivity contribution in [1.82, 2.24) is 9.88 Å². The highest BCUT2D eigenvalue weighted by Gasteiger charge is 2.06. The van der Waals surface area contributed by atoms with Gasteiger partial charge in [0.15, 0.2) is 0 Å². The van der Waals surface area contributed by atoms with Crippen molar-refractivity contribution in [1.29, 1.82) is 0 Å². The summed E-state index contributed by atoms with van der Waals surface area (Å²) in [4.78, 5) is 0. The summed E-state index contributed by atoms with van der Waals surface area (Å²) in [7, 11) is 2.00. The Morgan fingerprint density at radius 2 is 2.12 bits per heavy atom. The maximum absolute atomic E-state index is 3.21. The fraction of sp³-hybridized carbons (Fsp3) is 0.429. The molecule has 1 aromatic heterocycles. The monoisotopic (exact) mass is 216 g/mol. The third kappa shape index (κ3) is 1.98. The normalized spacial score (nSPS) is 11.2. The van der Waals surface area contributed by atoms with Crippen LogP contribution in [0.25, 0.3) is 10.9 Å². The second-order valence-electron chi connectivity index (χ2n) is 4.31. The lowest BCUT2D eigenvalue weighted by Gasteiger charge is -2.00. The summed E-state index contributed by atoms with van der Waals surface area (Å²) in [5, 5.41) is 4.63. The highest BCUT2D eigenvalue weighted by Crippen LogP contribution is 2.23. The number of hydrogen-bond acceptors (Lipinski definition) is 1. The first-order valence-corrected chi connectivity index (χ1v) is 5.99. The molecule has 0 bridgehead atoms. The number of nitrogens with one attached hydrogen (secondary N) is 1. The summed E-state index contributed by atoms with van der Waals surface area (Å²) in [5.41, 5.74) is 4.15. The molecule has 1 N–H and O–H groups in total. The molecule has 2 heteroatoms.